The molecule has 4 rings (SSSR count). The molecule has 25 heavy (non-hydrogen) atoms. The number of carbonyl (C=O) groups excluding carboxylic acids is 3. The van der Waals surface area contributed by atoms with Gasteiger partial charge in [-0.2, -0.15) is 0 Å². The first-order valence-electron chi connectivity index (χ1n) is 10.3. The summed E-state index contributed by atoms with van der Waals surface area (Å²) in [5.74, 6) is 1.36. The molecule has 0 radical (unpaired) electrons. The lowest BCUT2D eigenvalue weighted by atomic mass is 9.75. The largest absolute Gasteiger partial charge is 0.342 e. The third-order valence-corrected chi connectivity index (χ3v) is 7.13. The normalized spacial score (nSPS) is 35.5. The summed E-state index contributed by atoms with van der Waals surface area (Å²) in [6.07, 6.45) is 10.4. The van der Waals surface area contributed by atoms with Crippen LogP contribution in [0.3, 0.4) is 0 Å². The highest BCUT2D eigenvalue weighted by Crippen LogP contribution is 2.38. The maximum absolute atomic E-state index is 12.6. The minimum absolute atomic E-state index is 0.0199. The number of fused-ring (bicyclic) bond motifs is 2. The Bertz CT molecular complexity index is 537. The zero-order valence-corrected chi connectivity index (χ0v) is 15.1. The second-order valence-electron chi connectivity index (χ2n) is 8.51. The summed E-state index contributed by atoms with van der Waals surface area (Å²) < 4.78 is 0. The van der Waals surface area contributed by atoms with Crippen molar-refractivity contribution < 1.29 is 14.4 Å². The van der Waals surface area contributed by atoms with Crippen molar-refractivity contribution in [2.75, 3.05) is 19.6 Å². The molecule has 2 aliphatic heterocycles. The van der Waals surface area contributed by atoms with Gasteiger partial charge in [-0.15, -0.1) is 0 Å². The fourth-order valence-electron chi connectivity index (χ4n) is 5.64. The molecule has 2 heterocycles. The molecule has 3 amide bonds. The van der Waals surface area contributed by atoms with E-state index in [0.29, 0.717) is 12.3 Å². The Morgan fingerprint density at radius 3 is 2.12 bits per heavy atom. The predicted octanol–water partition coefficient (Wildman–Crippen LogP) is 2.59. The number of hydrogen-bond donors (Lipinski definition) is 0. The van der Waals surface area contributed by atoms with Gasteiger partial charge in [0.2, 0.25) is 17.7 Å². The lowest BCUT2D eigenvalue weighted by Gasteiger charge is -2.41. The molecular weight excluding hydrogens is 316 g/mol. The van der Waals surface area contributed by atoms with Crippen LogP contribution in [-0.2, 0) is 14.4 Å². The first-order valence-corrected chi connectivity index (χ1v) is 10.3. The quantitative estimate of drug-likeness (QED) is 0.738. The van der Waals surface area contributed by atoms with Gasteiger partial charge in [0.05, 0.1) is 11.8 Å². The Kier molecular flexibility index (Phi) is 4.83. The van der Waals surface area contributed by atoms with Crippen molar-refractivity contribution in [2.24, 2.45) is 23.7 Å². The average molecular weight is 346 g/mol. The van der Waals surface area contributed by atoms with Gasteiger partial charge in [-0.1, -0.05) is 32.1 Å². The third kappa shape index (κ3) is 3.22. The van der Waals surface area contributed by atoms with E-state index in [1.807, 2.05) is 4.90 Å². The molecule has 5 heteroatoms. The summed E-state index contributed by atoms with van der Waals surface area (Å²) in [5, 5.41) is 0. The summed E-state index contributed by atoms with van der Waals surface area (Å²) in [5.41, 5.74) is 0. The first kappa shape index (κ1) is 17.0. The van der Waals surface area contributed by atoms with Gasteiger partial charge in [0, 0.05) is 26.1 Å². The van der Waals surface area contributed by atoms with E-state index in [2.05, 4.69) is 0 Å². The van der Waals surface area contributed by atoms with E-state index in [0.717, 1.165) is 51.1 Å². The Hall–Kier alpha value is -1.39. The summed E-state index contributed by atoms with van der Waals surface area (Å²) in [7, 11) is 0. The van der Waals surface area contributed by atoms with E-state index in [9.17, 15) is 14.4 Å². The topological polar surface area (TPSA) is 57.7 Å². The molecule has 4 aliphatic rings. The van der Waals surface area contributed by atoms with E-state index in [4.69, 9.17) is 0 Å². The molecule has 0 aromatic heterocycles. The van der Waals surface area contributed by atoms with Gasteiger partial charge in [-0.05, 0) is 37.5 Å². The number of nitrogens with zero attached hydrogens (tertiary/aromatic N) is 2. The highest BCUT2D eigenvalue weighted by Gasteiger charge is 2.48. The lowest BCUT2D eigenvalue weighted by Crippen LogP contribution is -2.45. The van der Waals surface area contributed by atoms with Crippen LogP contribution in [0.15, 0.2) is 0 Å². The van der Waals surface area contributed by atoms with Crippen molar-refractivity contribution in [3.63, 3.8) is 0 Å². The van der Waals surface area contributed by atoms with Crippen LogP contribution in [0.5, 0.6) is 0 Å². The Balaban J connectivity index is 1.31. The van der Waals surface area contributed by atoms with Crippen LogP contribution in [0.25, 0.3) is 0 Å². The van der Waals surface area contributed by atoms with Gasteiger partial charge in [-0.25, -0.2) is 0 Å². The number of hydrogen-bond acceptors (Lipinski definition) is 3. The van der Waals surface area contributed by atoms with Gasteiger partial charge in [-0.3, -0.25) is 19.3 Å². The molecule has 0 spiro atoms. The van der Waals surface area contributed by atoms with E-state index in [1.165, 1.54) is 30.6 Å². The molecule has 2 aliphatic carbocycles. The summed E-state index contributed by atoms with van der Waals surface area (Å²) >= 11 is 0. The van der Waals surface area contributed by atoms with Crippen LogP contribution in [0.1, 0.15) is 64.2 Å². The predicted molar refractivity (Wildman–Crippen MR) is 93.4 cm³/mol. The molecule has 5 nitrogen and oxygen atoms in total. The second kappa shape index (κ2) is 7.08. The van der Waals surface area contributed by atoms with E-state index >= 15 is 0 Å². The van der Waals surface area contributed by atoms with Crippen molar-refractivity contribution in [1.82, 2.24) is 9.80 Å². The maximum atomic E-state index is 12.6. The first-order chi connectivity index (χ1) is 12.1. The Labute approximate surface area is 150 Å². The van der Waals surface area contributed by atoms with Crippen LogP contribution in [0, 0.1) is 23.7 Å². The number of likely N-dealkylation sites (tertiary alicyclic amines) is 2. The summed E-state index contributed by atoms with van der Waals surface area (Å²) in [6.45, 7) is 2.03. The molecule has 2 saturated heterocycles. The average Bonchev–Trinajstić information content (AvgIpc) is 2.90. The molecular formula is C20H30N2O3. The molecule has 0 N–H and O–H groups in total. The smallest absolute Gasteiger partial charge is 0.233 e. The number of amides is 3. The van der Waals surface area contributed by atoms with Crippen LogP contribution in [-0.4, -0.2) is 47.2 Å². The van der Waals surface area contributed by atoms with Gasteiger partial charge >= 0.3 is 0 Å². The number of imide groups is 1. The highest BCUT2D eigenvalue weighted by molar-refractivity contribution is 6.05. The van der Waals surface area contributed by atoms with Crippen molar-refractivity contribution >= 4 is 17.7 Å². The number of carbonyl (C=O) groups is 3. The Morgan fingerprint density at radius 1 is 0.840 bits per heavy atom. The molecule has 0 bridgehead atoms. The van der Waals surface area contributed by atoms with Crippen molar-refractivity contribution in [3.05, 3.63) is 0 Å². The minimum Gasteiger partial charge on any atom is -0.342 e. The Morgan fingerprint density at radius 2 is 1.44 bits per heavy atom. The molecule has 2 unspecified atom stereocenters. The lowest BCUT2D eigenvalue weighted by molar-refractivity contribution is -0.141. The standard InChI is InChI=1S/C20H30N2O3/c23-18(21-11-9-14-5-1-2-6-15(14)13-21)10-12-22-19(24)16-7-3-4-8-17(16)20(22)25/h14-17H,1-13H2/t14?,15?,16-,17-/m1/s1. The molecule has 138 valence electrons. The van der Waals surface area contributed by atoms with Crippen LogP contribution >= 0.6 is 0 Å². The van der Waals surface area contributed by atoms with Crippen molar-refractivity contribution in [1.29, 1.82) is 0 Å². The van der Waals surface area contributed by atoms with Crippen LogP contribution < -0.4 is 0 Å². The molecule has 0 aromatic rings. The second-order valence-corrected chi connectivity index (χ2v) is 8.51. The number of piperidine rings is 1. The third-order valence-electron chi connectivity index (χ3n) is 7.13. The maximum Gasteiger partial charge on any atom is 0.233 e. The fourth-order valence-corrected chi connectivity index (χ4v) is 5.64. The summed E-state index contributed by atoms with van der Waals surface area (Å²) in [4.78, 5) is 41.0. The van der Waals surface area contributed by atoms with Crippen molar-refractivity contribution in [3.8, 4) is 0 Å². The zero-order valence-electron chi connectivity index (χ0n) is 15.1. The van der Waals surface area contributed by atoms with Gasteiger partial charge in [0.25, 0.3) is 0 Å². The number of rotatable bonds is 3. The van der Waals surface area contributed by atoms with E-state index in [-0.39, 0.29) is 36.1 Å². The van der Waals surface area contributed by atoms with E-state index in [1.54, 1.807) is 0 Å². The van der Waals surface area contributed by atoms with Crippen LogP contribution in [0.2, 0.25) is 0 Å². The monoisotopic (exact) mass is 346 g/mol. The molecule has 4 fully saturated rings. The zero-order chi connectivity index (χ0) is 17.4. The van der Waals surface area contributed by atoms with E-state index < -0.39 is 0 Å². The molecule has 2 saturated carbocycles. The highest BCUT2D eigenvalue weighted by atomic mass is 16.2. The molecule has 0 aromatic carbocycles. The SMILES string of the molecule is O=C(CCN1C(=O)[C@@H]2CCCC[C@H]2C1=O)N1CCC2CCCCC2C1. The molecule has 4 atom stereocenters. The van der Waals surface area contributed by atoms with Crippen molar-refractivity contribution in [2.45, 2.75) is 64.2 Å². The van der Waals surface area contributed by atoms with Gasteiger partial charge < -0.3 is 4.90 Å². The van der Waals surface area contributed by atoms with Crippen LogP contribution in [0.4, 0.5) is 0 Å². The van der Waals surface area contributed by atoms with Gasteiger partial charge in [0.1, 0.15) is 0 Å². The fraction of sp³-hybridized carbons (Fsp3) is 0.850. The van der Waals surface area contributed by atoms with Gasteiger partial charge in [0.15, 0.2) is 0 Å². The summed E-state index contributed by atoms with van der Waals surface area (Å²) in [6, 6.07) is 0. The minimum atomic E-state index is -0.102.